The monoisotopic (exact) mass is 291 g/mol. The highest BCUT2D eigenvalue weighted by Crippen LogP contribution is 2.39. The number of hydrogen-bond donors (Lipinski definition) is 0. The number of nitriles is 1. The Balaban J connectivity index is 2.48. The SMILES string of the molecule is CCCCN1C(C)c2ccccc2C(C#N)N1C(=O)Cl. The summed E-state index contributed by atoms with van der Waals surface area (Å²) >= 11 is 5.73. The minimum atomic E-state index is -0.649. The first kappa shape index (κ1) is 14.8. The lowest BCUT2D eigenvalue weighted by Crippen LogP contribution is -2.51. The van der Waals surface area contributed by atoms with E-state index in [0.29, 0.717) is 6.54 Å². The van der Waals surface area contributed by atoms with Gasteiger partial charge in [0.15, 0.2) is 6.04 Å². The van der Waals surface area contributed by atoms with Gasteiger partial charge in [0.25, 0.3) is 0 Å². The molecule has 1 aliphatic rings. The number of benzene rings is 1. The van der Waals surface area contributed by atoms with E-state index in [4.69, 9.17) is 11.6 Å². The lowest BCUT2D eigenvalue weighted by atomic mass is 9.93. The van der Waals surface area contributed by atoms with Gasteiger partial charge in [0.05, 0.1) is 12.1 Å². The highest BCUT2D eigenvalue weighted by Gasteiger charge is 2.39. The number of nitrogens with zero attached hydrogens (tertiary/aromatic N) is 3. The summed E-state index contributed by atoms with van der Waals surface area (Å²) < 4.78 is 0. The largest absolute Gasteiger partial charge is 0.332 e. The molecule has 5 heteroatoms. The maximum Gasteiger partial charge on any atom is 0.332 e. The molecule has 0 saturated heterocycles. The molecule has 0 radical (unpaired) electrons. The molecule has 2 unspecified atom stereocenters. The Morgan fingerprint density at radius 1 is 1.40 bits per heavy atom. The molecule has 0 spiro atoms. The van der Waals surface area contributed by atoms with E-state index in [-0.39, 0.29) is 6.04 Å². The van der Waals surface area contributed by atoms with Crippen molar-refractivity contribution in [3.63, 3.8) is 0 Å². The van der Waals surface area contributed by atoms with Crippen LogP contribution in [0.5, 0.6) is 0 Å². The Bertz CT molecular complexity index is 540. The second-order valence-electron chi connectivity index (χ2n) is 4.95. The fraction of sp³-hybridized carbons (Fsp3) is 0.467. The van der Waals surface area contributed by atoms with Gasteiger partial charge < -0.3 is 0 Å². The zero-order valence-corrected chi connectivity index (χ0v) is 12.5. The van der Waals surface area contributed by atoms with Crippen LogP contribution < -0.4 is 0 Å². The molecule has 20 heavy (non-hydrogen) atoms. The number of fused-ring (bicyclic) bond motifs is 1. The van der Waals surface area contributed by atoms with Crippen LogP contribution in [0.25, 0.3) is 0 Å². The Labute approximate surface area is 124 Å². The Kier molecular flexibility index (Phi) is 4.64. The fourth-order valence-corrected chi connectivity index (χ4v) is 2.91. The van der Waals surface area contributed by atoms with Gasteiger partial charge in [-0.3, -0.25) is 4.79 Å². The topological polar surface area (TPSA) is 47.3 Å². The number of carbonyl (C=O) groups is 1. The van der Waals surface area contributed by atoms with Crippen molar-refractivity contribution in [3.05, 3.63) is 35.4 Å². The average Bonchev–Trinajstić information content (AvgIpc) is 2.45. The molecule has 1 aromatic rings. The summed E-state index contributed by atoms with van der Waals surface area (Å²) in [5.41, 5.74) is 1.95. The van der Waals surface area contributed by atoms with Crippen LogP contribution in [-0.2, 0) is 0 Å². The molecular weight excluding hydrogens is 274 g/mol. The lowest BCUT2D eigenvalue weighted by molar-refractivity contribution is -0.0419. The number of hydrogen-bond acceptors (Lipinski definition) is 3. The Hall–Kier alpha value is -1.57. The lowest BCUT2D eigenvalue weighted by Gasteiger charge is -2.45. The molecule has 0 saturated carbocycles. The van der Waals surface area contributed by atoms with Gasteiger partial charge in [-0.15, -0.1) is 0 Å². The van der Waals surface area contributed by atoms with Gasteiger partial charge in [0.1, 0.15) is 0 Å². The molecule has 1 aliphatic heterocycles. The summed E-state index contributed by atoms with van der Waals surface area (Å²) in [6.45, 7) is 4.84. The summed E-state index contributed by atoms with van der Waals surface area (Å²) in [6, 6.07) is 9.33. The molecule has 2 atom stereocenters. The third kappa shape index (κ3) is 2.52. The van der Waals surface area contributed by atoms with Crippen LogP contribution in [0.2, 0.25) is 0 Å². The third-order valence-corrected chi connectivity index (χ3v) is 3.93. The van der Waals surface area contributed by atoms with Crippen molar-refractivity contribution in [1.29, 1.82) is 5.26 Å². The molecule has 0 fully saturated rings. The van der Waals surface area contributed by atoms with Crippen molar-refractivity contribution in [1.82, 2.24) is 10.0 Å². The van der Waals surface area contributed by atoms with Crippen LogP contribution >= 0.6 is 11.6 Å². The van der Waals surface area contributed by atoms with Crippen LogP contribution in [0.3, 0.4) is 0 Å². The number of amides is 1. The van der Waals surface area contributed by atoms with E-state index in [1.807, 2.05) is 36.2 Å². The number of rotatable bonds is 3. The molecule has 4 nitrogen and oxygen atoms in total. The van der Waals surface area contributed by atoms with Crippen LogP contribution in [0.15, 0.2) is 24.3 Å². The predicted molar refractivity (Wildman–Crippen MR) is 77.9 cm³/mol. The minimum absolute atomic E-state index is 0.0325. The van der Waals surface area contributed by atoms with Crippen LogP contribution in [0.1, 0.15) is 49.9 Å². The second kappa shape index (κ2) is 6.25. The molecular formula is C15H18ClN3O. The fourth-order valence-electron chi connectivity index (χ4n) is 2.72. The summed E-state index contributed by atoms with van der Waals surface area (Å²) in [7, 11) is 0. The van der Waals surface area contributed by atoms with Gasteiger partial charge >= 0.3 is 5.37 Å². The normalized spacial score (nSPS) is 22.2. The Morgan fingerprint density at radius 2 is 2.05 bits per heavy atom. The summed E-state index contributed by atoms with van der Waals surface area (Å²) in [4.78, 5) is 11.8. The standard InChI is InChI=1S/C15H18ClN3O/c1-3-4-9-18-11(2)12-7-5-6-8-13(12)14(10-17)19(18)15(16)20/h5-8,11,14H,3-4,9H2,1-2H3. The van der Waals surface area contributed by atoms with Gasteiger partial charge in [-0.25, -0.2) is 10.0 Å². The van der Waals surface area contributed by atoms with Crippen molar-refractivity contribution in [2.75, 3.05) is 6.54 Å². The quantitative estimate of drug-likeness (QED) is 0.624. The molecule has 2 rings (SSSR count). The predicted octanol–water partition coefficient (Wildman–Crippen LogP) is 4.00. The zero-order chi connectivity index (χ0) is 14.7. The first-order chi connectivity index (χ1) is 9.61. The van der Waals surface area contributed by atoms with Gasteiger partial charge in [-0.2, -0.15) is 5.26 Å². The van der Waals surface area contributed by atoms with E-state index in [1.54, 1.807) is 0 Å². The molecule has 0 N–H and O–H groups in total. The first-order valence-electron chi connectivity index (χ1n) is 6.85. The van der Waals surface area contributed by atoms with E-state index < -0.39 is 11.4 Å². The first-order valence-corrected chi connectivity index (χ1v) is 7.23. The van der Waals surface area contributed by atoms with Crippen molar-refractivity contribution in [2.24, 2.45) is 0 Å². The van der Waals surface area contributed by atoms with Gasteiger partial charge in [0.2, 0.25) is 0 Å². The second-order valence-corrected chi connectivity index (χ2v) is 5.27. The van der Waals surface area contributed by atoms with Gasteiger partial charge in [0, 0.05) is 6.54 Å². The zero-order valence-electron chi connectivity index (χ0n) is 11.7. The van der Waals surface area contributed by atoms with Crippen molar-refractivity contribution in [3.8, 4) is 6.07 Å². The summed E-state index contributed by atoms with van der Waals surface area (Å²) in [5.74, 6) is 0. The molecule has 1 aromatic carbocycles. The number of carbonyl (C=O) groups excluding carboxylic acids is 1. The maximum atomic E-state index is 11.8. The smallest absolute Gasteiger partial charge is 0.254 e. The van der Waals surface area contributed by atoms with Crippen molar-refractivity contribution in [2.45, 2.75) is 38.8 Å². The van der Waals surface area contributed by atoms with Crippen LogP contribution in [0, 0.1) is 11.3 Å². The molecule has 1 amide bonds. The highest BCUT2D eigenvalue weighted by atomic mass is 35.5. The van der Waals surface area contributed by atoms with Crippen molar-refractivity contribution < 1.29 is 4.79 Å². The van der Waals surface area contributed by atoms with E-state index in [2.05, 4.69) is 13.0 Å². The van der Waals surface area contributed by atoms with Gasteiger partial charge in [-0.05, 0) is 36.1 Å². The summed E-state index contributed by atoms with van der Waals surface area (Å²) in [6.07, 6.45) is 1.97. The van der Waals surface area contributed by atoms with Gasteiger partial charge in [-0.1, -0.05) is 37.6 Å². The maximum absolute atomic E-state index is 11.8. The summed E-state index contributed by atoms with van der Waals surface area (Å²) in [5, 5.41) is 12.2. The molecule has 1 heterocycles. The molecule has 0 aromatic heterocycles. The van der Waals surface area contributed by atoms with E-state index in [9.17, 15) is 10.1 Å². The van der Waals surface area contributed by atoms with Crippen molar-refractivity contribution >= 4 is 17.0 Å². The molecule has 106 valence electrons. The minimum Gasteiger partial charge on any atom is -0.254 e. The average molecular weight is 292 g/mol. The third-order valence-electron chi connectivity index (χ3n) is 3.75. The highest BCUT2D eigenvalue weighted by molar-refractivity contribution is 6.62. The Morgan fingerprint density at radius 3 is 2.60 bits per heavy atom. The number of halogens is 1. The number of unbranched alkanes of at least 4 members (excludes halogenated alkanes) is 1. The van der Waals surface area contributed by atoms with E-state index >= 15 is 0 Å². The molecule has 0 aliphatic carbocycles. The van der Waals surface area contributed by atoms with E-state index in [0.717, 1.165) is 24.0 Å². The van der Waals surface area contributed by atoms with Crippen LogP contribution in [0.4, 0.5) is 4.79 Å². The van der Waals surface area contributed by atoms with E-state index in [1.165, 1.54) is 5.01 Å². The molecule has 0 bridgehead atoms. The van der Waals surface area contributed by atoms with Crippen LogP contribution in [-0.4, -0.2) is 21.9 Å². The number of hydrazine groups is 1.